The SMILES string of the molecule is COCCNC1(C(N)=O)CCCCCCC1. The molecule has 0 aromatic heterocycles. The molecule has 0 atom stereocenters. The van der Waals surface area contributed by atoms with Crippen LogP contribution in [-0.4, -0.2) is 31.7 Å². The van der Waals surface area contributed by atoms with Gasteiger partial charge in [-0.15, -0.1) is 0 Å². The topological polar surface area (TPSA) is 64.3 Å². The number of nitrogens with two attached hydrogens (primary N) is 1. The zero-order valence-corrected chi connectivity index (χ0v) is 10.3. The second-order valence-electron chi connectivity index (χ2n) is 4.63. The van der Waals surface area contributed by atoms with Crippen LogP contribution in [0.2, 0.25) is 0 Å². The molecule has 0 spiro atoms. The van der Waals surface area contributed by atoms with Crippen LogP contribution >= 0.6 is 0 Å². The summed E-state index contributed by atoms with van der Waals surface area (Å²) < 4.78 is 5.00. The predicted octanol–water partition coefficient (Wildman–Crippen LogP) is 1.19. The maximum atomic E-state index is 11.7. The summed E-state index contributed by atoms with van der Waals surface area (Å²) in [6.45, 7) is 1.31. The molecule has 3 N–H and O–H groups in total. The van der Waals surface area contributed by atoms with Crippen molar-refractivity contribution in [1.29, 1.82) is 0 Å². The minimum atomic E-state index is -0.487. The minimum Gasteiger partial charge on any atom is -0.383 e. The monoisotopic (exact) mass is 228 g/mol. The normalized spacial score (nSPS) is 21.1. The highest BCUT2D eigenvalue weighted by Gasteiger charge is 2.35. The molecule has 94 valence electrons. The van der Waals surface area contributed by atoms with E-state index in [4.69, 9.17) is 10.5 Å². The molecule has 0 heterocycles. The molecule has 1 saturated carbocycles. The molecule has 16 heavy (non-hydrogen) atoms. The van der Waals surface area contributed by atoms with Gasteiger partial charge in [0.05, 0.1) is 12.1 Å². The summed E-state index contributed by atoms with van der Waals surface area (Å²) >= 11 is 0. The van der Waals surface area contributed by atoms with Crippen molar-refractivity contribution in [2.24, 2.45) is 5.73 Å². The third kappa shape index (κ3) is 3.76. The number of carbonyl (C=O) groups excluding carboxylic acids is 1. The van der Waals surface area contributed by atoms with Crippen LogP contribution in [0.15, 0.2) is 0 Å². The van der Waals surface area contributed by atoms with Gasteiger partial charge in [-0.25, -0.2) is 0 Å². The van der Waals surface area contributed by atoms with E-state index in [1.807, 2.05) is 0 Å². The summed E-state index contributed by atoms with van der Waals surface area (Å²) in [4.78, 5) is 11.7. The molecule has 0 unspecified atom stereocenters. The molecule has 0 saturated heterocycles. The number of methoxy groups -OCH3 is 1. The Bertz CT molecular complexity index is 211. The highest BCUT2D eigenvalue weighted by atomic mass is 16.5. The lowest BCUT2D eigenvalue weighted by Crippen LogP contribution is -2.56. The Morgan fingerprint density at radius 3 is 2.31 bits per heavy atom. The summed E-state index contributed by atoms with van der Waals surface area (Å²) in [5.41, 5.74) is 5.08. The summed E-state index contributed by atoms with van der Waals surface area (Å²) in [6, 6.07) is 0. The number of primary amides is 1. The van der Waals surface area contributed by atoms with E-state index in [1.165, 1.54) is 19.3 Å². The molecule has 0 aromatic carbocycles. The Labute approximate surface area is 97.9 Å². The minimum absolute atomic E-state index is 0.203. The smallest absolute Gasteiger partial charge is 0.237 e. The van der Waals surface area contributed by atoms with Crippen LogP contribution in [0, 0.1) is 0 Å². The van der Waals surface area contributed by atoms with E-state index in [0.717, 1.165) is 25.7 Å². The second kappa shape index (κ2) is 6.86. The lowest BCUT2D eigenvalue weighted by Gasteiger charge is -2.33. The molecule has 0 bridgehead atoms. The van der Waals surface area contributed by atoms with Crippen molar-refractivity contribution in [3.8, 4) is 0 Å². The standard InChI is InChI=1S/C12H24N2O2/c1-16-10-9-14-12(11(13)15)7-5-3-2-4-6-8-12/h14H,2-10H2,1H3,(H2,13,15). The maximum Gasteiger partial charge on any atom is 0.237 e. The van der Waals surface area contributed by atoms with E-state index < -0.39 is 5.54 Å². The average molecular weight is 228 g/mol. The highest BCUT2D eigenvalue weighted by Crippen LogP contribution is 2.26. The fraction of sp³-hybridized carbons (Fsp3) is 0.917. The van der Waals surface area contributed by atoms with E-state index >= 15 is 0 Å². The van der Waals surface area contributed by atoms with E-state index in [2.05, 4.69) is 5.32 Å². The van der Waals surface area contributed by atoms with Crippen molar-refractivity contribution in [2.45, 2.75) is 50.5 Å². The Morgan fingerprint density at radius 1 is 1.25 bits per heavy atom. The van der Waals surface area contributed by atoms with Gasteiger partial charge in [-0.3, -0.25) is 4.79 Å². The van der Waals surface area contributed by atoms with Crippen molar-refractivity contribution in [3.63, 3.8) is 0 Å². The fourth-order valence-corrected chi connectivity index (χ4v) is 2.41. The zero-order valence-electron chi connectivity index (χ0n) is 10.3. The first-order chi connectivity index (χ1) is 7.71. The molecule has 4 nitrogen and oxygen atoms in total. The van der Waals surface area contributed by atoms with Gasteiger partial charge in [0, 0.05) is 13.7 Å². The van der Waals surface area contributed by atoms with Gasteiger partial charge in [-0.05, 0) is 12.8 Å². The molecule has 1 aliphatic carbocycles. The van der Waals surface area contributed by atoms with E-state index in [-0.39, 0.29) is 5.91 Å². The number of rotatable bonds is 5. The van der Waals surface area contributed by atoms with Crippen molar-refractivity contribution in [3.05, 3.63) is 0 Å². The van der Waals surface area contributed by atoms with Gasteiger partial charge in [0.25, 0.3) is 0 Å². The van der Waals surface area contributed by atoms with Crippen LogP contribution in [0.25, 0.3) is 0 Å². The molecular formula is C12H24N2O2. The quantitative estimate of drug-likeness (QED) is 0.695. The third-order valence-corrected chi connectivity index (χ3v) is 3.45. The van der Waals surface area contributed by atoms with Gasteiger partial charge in [-0.2, -0.15) is 0 Å². The van der Waals surface area contributed by atoms with Crippen molar-refractivity contribution in [1.82, 2.24) is 5.32 Å². The van der Waals surface area contributed by atoms with Crippen molar-refractivity contribution < 1.29 is 9.53 Å². The first-order valence-electron chi connectivity index (χ1n) is 6.25. The molecular weight excluding hydrogens is 204 g/mol. The predicted molar refractivity (Wildman–Crippen MR) is 64.1 cm³/mol. The summed E-state index contributed by atoms with van der Waals surface area (Å²) in [5, 5.41) is 3.30. The van der Waals surface area contributed by atoms with Crippen molar-refractivity contribution in [2.75, 3.05) is 20.3 Å². The lowest BCUT2D eigenvalue weighted by molar-refractivity contribution is -0.125. The molecule has 1 amide bonds. The number of hydrogen-bond donors (Lipinski definition) is 2. The van der Waals surface area contributed by atoms with Gasteiger partial charge in [-0.1, -0.05) is 32.1 Å². The number of amides is 1. The largest absolute Gasteiger partial charge is 0.383 e. The first-order valence-corrected chi connectivity index (χ1v) is 6.25. The second-order valence-corrected chi connectivity index (χ2v) is 4.63. The lowest BCUT2D eigenvalue weighted by atomic mass is 9.83. The summed E-state index contributed by atoms with van der Waals surface area (Å²) in [6.07, 6.45) is 7.61. The van der Waals surface area contributed by atoms with Crippen LogP contribution in [0.3, 0.4) is 0 Å². The zero-order chi connectivity index (χ0) is 11.9. The number of ether oxygens (including phenoxy) is 1. The van der Waals surface area contributed by atoms with Gasteiger partial charge < -0.3 is 15.8 Å². The molecule has 0 aliphatic heterocycles. The Morgan fingerprint density at radius 2 is 1.81 bits per heavy atom. The Balaban J connectivity index is 2.56. The summed E-state index contributed by atoms with van der Waals surface area (Å²) in [5.74, 6) is -0.203. The first kappa shape index (κ1) is 13.5. The van der Waals surface area contributed by atoms with E-state index in [0.29, 0.717) is 13.2 Å². The maximum absolute atomic E-state index is 11.7. The van der Waals surface area contributed by atoms with Crippen LogP contribution in [0.1, 0.15) is 44.9 Å². The number of carbonyl (C=O) groups is 1. The number of nitrogens with one attached hydrogen (secondary N) is 1. The van der Waals surface area contributed by atoms with Crippen molar-refractivity contribution >= 4 is 5.91 Å². The average Bonchev–Trinajstić information content (AvgIpc) is 2.21. The fourth-order valence-electron chi connectivity index (χ4n) is 2.41. The van der Waals surface area contributed by atoms with E-state index in [1.54, 1.807) is 7.11 Å². The van der Waals surface area contributed by atoms with Gasteiger partial charge >= 0.3 is 0 Å². The molecule has 0 aromatic rings. The third-order valence-electron chi connectivity index (χ3n) is 3.45. The van der Waals surface area contributed by atoms with Gasteiger partial charge in [0.2, 0.25) is 5.91 Å². The Kier molecular flexibility index (Phi) is 5.77. The molecule has 1 fully saturated rings. The van der Waals surface area contributed by atoms with Gasteiger partial charge in [0.1, 0.15) is 0 Å². The van der Waals surface area contributed by atoms with Gasteiger partial charge in [0.15, 0.2) is 0 Å². The van der Waals surface area contributed by atoms with Crippen LogP contribution < -0.4 is 11.1 Å². The van der Waals surface area contributed by atoms with E-state index in [9.17, 15) is 4.79 Å². The molecule has 0 radical (unpaired) electrons. The van der Waals surface area contributed by atoms with Crippen LogP contribution in [0.4, 0.5) is 0 Å². The van der Waals surface area contributed by atoms with Crippen LogP contribution in [0.5, 0.6) is 0 Å². The Hall–Kier alpha value is -0.610. The highest BCUT2D eigenvalue weighted by molar-refractivity contribution is 5.84. The molecule has 4 heteroatoms. The summed E-state index contributed by atoms with van der Waals surface area (Å²) in [7, 11) is 1.66. The number of hydrogen-bond acceptors (Lipinski definition) is 3. The van der Waals surface area contributed by atoms with Crippen LogP contribution in [-0.2, 0) is 9.53 Å². The molecule has 1 rings (SSSR count). The molecule has 1 aliphatic rings.